The first-order valence-corrected chi connectivity index (χ1v) is 18.6. The number of nitrogen functional groups attached to an aromatic ring is 1. The van der Waals surface area contributed by atoms with Gasteiger partial charge in [-0.15, -0.1) is 0 Å². The predicted octanol–water partition coefficient (Wildman–Crippen LogP) is 2.19. The molecule has 57 heavy (non-hydrogen) atoms. The first-order valence-electron chi connectivity index (χ1n) is 18.6. The largest absolute Gasteiger partial charge is 0.496 e. The summed E-state index contributed by atoms with van der Waals surface area (Å²) in [5, 5.41) is 6.98. The number of carbonyl (C=O) groups is 6. The van der Waals surface area contributed by atoms with Crippen LogP contribution in [0.4, 0.5) is 15.9 Å². The summed E-state index contributed by atoms with van der Waals surface area (Å²) in [6.07, 6.45) is 1.58. The van der Waals surface area contributed by atoms with Crippen molar-refractivity contribution in [3.05, 3.63) is 94.3 Å². The van der Waals surface area contributed by atoms with Gasteiger partial charge in [-0.2, -0.15) is 5.10 Å². The molecule has 0 radical (unpaired) electrons. The Morgan fingerprint density at radius 1 is 0.912 bits per heavy atom. The topological polar surface area (TPSA) is 229 Å². The van der Waals surface area contributed by atoms with Crippen LogP contribution in [-0.4, -0.2) is 100 Å². The summed E-state index contributed by atoms with van der Waals surface area (Å²) >= 11 is 0. The molecule has 4 aliphatic heterocycles. The quantitative estimate of drug-likeness (QED) is 0.134. The van der Waals surface area contributed by atoms with E-state index in [1.165, 1.54) is 19.2 Å². The second-order valence-electron chi connectivity index (χ2n) is 14.7. The third kappa shape index (κ3) is 6.57. The molecule has 2 unspecified atom stereocenters. The summed E-state index contributed by atoms with van der Waals surface area (Å²) in [5.74, 6) is -3.62. The molecule has 0 saturated carbocycles. The van der Waals surface area contributed by atoms with E-state index < -0.39 is 53.2 Å². The van der Waals surface area contributed by atoms with Gasteiger partial charge in [0.1, 0.15) is 34.7 Å². The second-order valence-corrected chi connectivity index (χ2v) is 14.7. The van der Waals surface area contributed by atoms with Crippen molar-refractivity contribution in [2.24, 2.45) is 11.5 Å². The number of piperidine rings is 2. The Labute approximate surface area is 325 Å². The van der Waals surface area contributed by atoms with Gasteiger partial charge in [0.15, 0.2) is 5.78 Å². The van der Waals surface area contributed by atoms with E-state index in [2.05, 4.69) is 15.1 Å². The van der Waals surface area contributed by atoms with E-state index in [1.807, 2.05) is 0 Å². The smallest absolute Gasteiger partial charge is 0.262 e. The van der Waals surface area contributed by atoms with Gasteiger partial charge < -0.3 is 26.8 Å². The number of rotatable bonds is 10. The molecule has 5 heterocycles. The Morgan fingerprint density at radius 3 is 2.28 bits per heavy atom. The maximum atomic E-state index is 13.9. The molecular weight excluding hydrogens is 737 g/mol. The van der Waals surface area contributed by atoms with E-state index in [0.29, 0.717) is 42.8 Å². The molecule has 3 fully saturated rings. The molecule has 17 heteroatoms. The molecule has 0 aliphatic carbocycles. The van der Waals surface area contributed by atoms with Crippen molar-refractivity contribution < 1.29 is 37.9 Å². The molecule has 2 atom stereocenters. The molecule has 0 spiro atoms. The van der Waals surface area contributed by atoms with Crippen molar-refractivity contribution in [3.8, 4) is 17.0 Å². The number of nitrogens with one attached hydrogen (secondary N) is 1. The van der Waals surface area contributed by atoms with Crippen LogP contribution in [0.5, 0.6) is 5.75 Å². The Kier molecular flexibility index (Phi) is 9.57. The lowest BCUT2D eigenvalue weighted by Gasteiger charge is -2.48. The molecule has 3 aromatic carbocycles. The molecule has 294 valence electrons. The minimum atomic E-state index is -1.11. The minimum Gasteiger partial charge on any atom is -0.496 e. The number of likely N-dealkylation sites (tertiary alicyclic amines) is 1. The van der Waals surface area contributed by atoms with Gasteiger partial charge in [0.25, 0.3) is 17.7 Å². The number of Topliss-reactive ketones (excluding diaryl/α,β-unsaturated/α-hetero) is 1. The first-order chi connectivity index (χ1) is 27.3. The van der Waals surface area contributed by atoms with Crippen LogP contribution in [0.25, 0.3) is 11.3 Å². The Bertz CT molecular complexity index is 2350. The van der Waals surface area contributed by atoms with Gasteiger partial charge in [-0.1, -0.05) is 24.3 Å². The van der Waals surface area contributed by atoms with E-state index in [0.717, 1.165) is 29.7 Å². The maximum Gasteiger partial charge on any atom is 0.262 e. The average molecular weight is 778 g/mol. The fourth-order valence-corrected chi connectivity index (χ4v) is 8.26. The molecule has 16 nitrogen and oxygen atoms in total. The number of methoxy groups -OCH3 is 1. The standard InChI is InChI=1S/C40H40FN9O7/c1-57-30-10-6-22(41)16-28(30)35(52)33(42)20-2-4-21(5-3-20)34-32(37(44)53)36(43)50(46-34)23-12-14-47(15-13-23)25-18-48(19-25)24-7-8-26-27(17-24)40(56)49(39(26)55)29-9-11-31(51)45-38(29)54/h2-8,10,16-17,23,25,29,33H,9,11-15,18-19,42-43H2,1H3,(H2,44,53)(H,45,51,54). The van der Waals surface area contributed by atoms with Crippen molar-refractivity contribution in [2.45, 2.75) is 49.9 Å². The van der Waals surface area contributed by atoms with Gasteiger partial charge in [-0.05, 0) is 61.2 Å². The second kappa shape index (κ2) is 14.6. The van der Waals surface area contributed by atoms with Crippen LogP contribution in [0.1, 0.15) is 84.8 Å². The van der Waals surface area contributed by atoms with E-state index in [4.69, 9.17) is 27.0 Å². The molecule has 3 saturated heterocycles. The van der Waals surface area contributed by atoms with E-state index in [-0.39, 0.29) is 58.7 Å². The molecule has 0 bridgehead atoms. The number of aromatic nitrogens is 2. The van der Waals surface area contributed by atoms with Crippen molar-refractivity contribution in [1.29, 1.82) is 0 Å². The fourth-order valence-electron chi connectivity index (χ4n) is 8.26. The van der Waals surface area contributed by atoms with Crippen LogP contribution < -0.4 is 32.2 Å². The van der Waals surface area contributed by atoms with Gasteiger partial charge in [-0.3, -0.25) is 43.9 Å². The molecule has 4 aliphatic rings. The highest BCUT2D eigenvalue weighted by Crippen LogP contribution is 2.36. The number of hydrogen-bond donors (Lipinski definition) is 4. The van der Waals surface area contributed by atoms with Crippen molar-refractivity contribution in [1.82, 2.24) is 24.9 Å². The van der Waals surface area contributed by atoms with Crippen LogP contribution in [0.15, 0.2) is 60.7 Å². The van der Waals surface area contributed by atoms with E-state index in [1.54, 1.807) is 47.1 Å². The van der Waals surface area contributed by atoms with Gasteiger partial charge in [-0.25, -0.2) is 9.07 Å². The number of carbonyl (C=O) groups excluding carboxylic acids is 6. The lowest BCUT2D eigenvalue weighted by atomic mass is 9.96. The zero-order valence-electron chi connectivity index (χ0n) is 30.9. The predicted molar refractivity (Wildman–Crippen MR) is 204 cm³/mol. The van der Waals surface area contributed by atoms with Gasteiger partial charge in [0.05, 0.1) is 35.9 Å². The minimum absolute atomic E-state index is 0.0226. The fraction of sp³-hybridized carbons (Fsp3) is 0.325. The van der Waals surface area contributed by atoms with Crippen molar-refractivity contribution in [2.75, 3.05) is 43.9 Å². The Hall–Kier alpha value is -6.46. The van der Waals surface area contributed by atoms with E-state index in [9.17, 15) is 33.2 Å². The van der Waals surface area contributed by atoms with Crippen LogP contribution in [0, 0.1) is 5.82 Å². The van der Waals surface area contributed by atoms with Gasteiger partial charge >= 0.3 is 0 Å². The highest BCUT2D eigenvalue weighted by molar-refractivity contribution is 6.23. The number of imide groups is 2. The zero-order chi connectivity index (χ0) is 40.3. The van der Waals surface area contributed by atoms with Crippen LogP contribution >= 0.6 is 0 Å². The molecular formula is C40H40FN9O7. The number of fused-ring (bicyclic) bond motifs is 1. The van der Waals surface area contributed by atoms with E-state index >= 15 is 0 Å². The van der Waals surface area contributed by atoms with Crippen LogP contribution in [0.3, 0.4) is 0 Å². The van der Waals surface area contributed by atoms with Crippen LogP contribution in [-0.2, 0) is 9.59 Å². The Balaban J connectivity index is 0.902. The molecule has 5 amide bonds. The SMILES string of the molecule is COc1ccc(F)cc1C(=O)C(N)c1ccc(-c2nn(C3CCN(C4CN(c5ccc6c(c5)C(=O)N(C5CCC(=O)NC5=O)C6=O)C4)CC3)c(N)c2C(N)=O)cc1. The van der Waals surface area contributed by atoms with Crippen LogP contribution in [0.2, 0.25) is 0 Å². The third-order valence-electron chi connectivity index (χ3n) is 11.5. The molecule has 1 aromatic heterocycles. The summed E-state index contributed by atoms with van der Waals surface area (Å²) in [7, 11) is 1.38. The number of nitrogens with two attached hydrogens (primary N) is 3. The number of ether oxygens (including phenoxy) is 1. The monoisotopic (exact) mass is 777 g/mol. The van der Waals surface area contributed by atoms with Gasteiger partial charge in [0, 0.05) is 49.9 Å². The Morgan fingerprint density at radius 2 is 1.61 bits per heavy atom. The van der Waals surface area contributed by atoms with Crippen molar-refractivity contribution in [3.63, 3.8) is 0 Å². The maximum absolute atomic E-state index is 13.9. The number of hydrogen-bond acceptors (Lipinski definition) is 12. The number of halogens is 1. The number of benzene rings is 3. The number of ketones is 1. The first kappa shape index (κ1) is 37.5. The summed E-state index contributed by atoms with van der Waals surface area (Å²) in [6, 6.07) is 13.4. The number of amides is 5. The van der Waals surface area contributed by atoms with Crippen molar-refractivity contribution >= 4 is 46.8 Å². The zero-order valence-corrected chi connectivity index (χ0v) is 30.9. The highest BCUT2D eigenvalue weighted by Gasteiger charge is 2.45. The molecule has 4 aromatic rings. The summed E-state index contributed by atoms with van der Waals surface area (Å²) in [6.45, 7) is 2.92. The normalized spacial score (nSPS) is 19.7. The lowest BCUT2D eigenvalue weighted by Crippen LogP contribution is -2.61. The molecule has 7 N–H and O–H groups in total. The summed E-state index contributed by atoms with van der Waals surface area (Å²) in [5.41, 5.74) is 21.3. The summed E-state index contributed by atoms with van der Waals surface area (Å²) < 4.78 is 20.8. The average Bonchev–Trinajstić information content (AvgIpc) is 3.66. The summed E-state index contributed by atoms with van der Waals surface area (Å²) in [4.78, 5) is 81.8. The number of primary amides is 1. The third-order valence-corrected chi connectivity index (χ3v) is 11.5. The highest BCUT2D eigenvalue weighted by atomic mass is 19.1. The lowest BCUT2D eigenvalue weighted by molar-refractivity contribution is -0.136. The van der Waals surface area contributed by atoms with Gasteiger partial charge in [0.2, 0.25) is 11.8 Å². The number of anilines is 2. The molecule has 8 rings (SSSR count). The number of nitrogens with zero attached hydrogens (tertiary/aromatic N) is 5.